The van der Waals surface area contributed by atoms with E-state index < -0.39 is 5.97 Å². The Morgan fingerprint density at radius 1 is 1.42 bits per heavy atom. The molecule has 1 saturated carbocycles. The highest BCUT2D eigenvalue weighted by Gasteiger charge is 2.23. The Hall–Kier alpha value is -1.43. The van der Waals surface area contributed by atoms with Crippen molar-refractivity contribution in [1.82, 2.24) is 0 Å². The van der Waals surface area contributed by atoms with Gasteiger partial charge in [-0.25, -0.2) is 4.79 Å². The van der Waals surface area contributed by atoms with Gasteiger partial charge >= 0.3 is 5.97 Å². The fourth-order valence-electron chi connectivity index (χ4n) is 2.44. The highest BCUT2D eigenvalue weighted by atomic mass is 32.1. The van der Waals surface area contributed by atoms with E-state index in [9.17, 15) is 4.79 Å². The molecule has 1 fully saturated rings. The molecule has 1 aliphatic carbocycles. The van der Waals surface area contributed by atoms with Crippen LogP contribution in [0.25, 0.3) is 0 Å². The lowest BCUT2D eigenvalue weighted by Gasteiger charge is -2.11. The number of carbonyl (C=O) groups is 1. The molecule has 0 radical (unpaired) electrons. The number of hydrogen-bond acceptors (Lipinski definition) is 6. The molecule has 0 spiro atoms. The van der Waals surface area contributed by atoms with Crippen LogP contribution in [0.1, 0.15) is 35.4 Å². The standard InChI is InChI=1S/C13H20N2O3S/c1-17-10-9(14)11(13(16)18-2)19-12(10)15-7-8-5-3-4-6-8/h8,15H,3-7,14H2,1-2H3. The number of esters is 1. The normalized spacial score (nSPS) is 15.5. The van der Waals surface area contributed by atoms with Crippen LogP contribution in [0.3, 0.4) is 0 Å². The number of ether oxygens (including phenoxy) is 2. The maximum absolute atomic E-state index is 11.6. The Morgan fingerprint density at radius 3 is 2.68 bits per heavy atom. The predicted octanol–water partition coefficient (Wildman–Crippen LogP) is 2.73. The molecule has 3 N–H and O–H groups in total. The van der Waals surface area contributed by atoms with Crippen molar-refractivity contribution in [1.29, 1.82) is 0 Å². The second kappa shape index (κ2) is 6.14. The van der Waals surface area contributed by atoms with E-state index in [0.29, 0.717) is 22.2 Å². The third kappa shape index (κ3) is 2.94. The van der Waals surface area contributed by atoms with E-state index in [1.165, 1.54) is 44.1 Å². The number of thiophene rings is 1. The minimum Gasteiger partial charge on any atom is -0.492 e. The van der Waals surface area contributed by atoms with Crippen LogP contribution in [0.4, 0.5) is 10.7 Å². The maximum atomic E-state index is 11.6. The van der Waals surface area contributed by atoms with Crippen molar-refractivity contribution in [2.75, 3.05) is 31.8 Å². The van der Waals surface area contributed by atoms with Gasteiger partial charge in [0.25, 0.3) is 0 Å². The van der Waals surface area contributed by atoms with E-state index in [4.69, 9.17) is 15.2 Å². The summed E-state index contributed by atoms with van der Waals surface area (Å²) in [5, 5.41) is 4.16. The van der Waals surface area contributed by atoms with Gasteiger partial charge in [-0.3, -0.25) is 0 Å². The van der Waals surface area contributed by atoms with Crippen molar-refractivity contribution in [2.45, 2.75) is 25.7 Å². The molecule has 1 aromatic rings. The molecule has 19 heavy (non-hydrogen) atoms. The summed E-state index contributed by atoms with van der Waals surface area (Å²) < 4.78 is 10.00. The highest BCUT2D eigenvalue weighted by Crippen LogP contribution is 2.43. The van der Waals surface area contributed by atoms with Crippen molar-refractivity contribution < 1.29 is 14.3 Å². The Morgan fingerprint density at radius 2 is 2.11 bits per heavy atom. The second-order valence-electron chi connectivity index (χ2n) is 4.73. The van der Waals surface area contributed by atoms with Crippen LogP contribution >= 0.6 is 11.3 Å². The van der Waals surface area contributed by atoms with E-state index in [0.717, 1.165) is 11.5 Å². The van der Waals surface area contributed by atoms with Crippen molar-refractivity contribution in [2.24, 2.45) is 5.92 Å². The Labute approximate surface area is 117 Å². The lowest BCUT2D eigenvalue weighted by Crippen LogP contribution is -2.10. The molecule has 0 aliphatic heterocycles. The fraction of sp³-hybridized carbons (Fsp3) is 0.615. The van der Waals surface area contributed by atoms with Crippen LogP contribution in [0.5, 0.6) is 5.75 Å². The quantitative estimate of drug-likeness (QED) is 0.813. The molecule has 0 unspecified atom stereocenters. The van der Waals surface area contributed by atoms with Crippen molar-refractivity contribution >= 4 is 28.0 Å². The number of carbonyl (C=O) groups excluding carboxylic acids is 1. The Bertz CT molecular complexity index is 453. The lowest BCUT2D eigenvalue weighted by molar-refractivity contribution is 0.0607. The molecule has 1 heterocycles. The monoisotopic (exact) mass is 284 g/mol. The van der Waals surface area contributed by atoms with Gasteiger partial charge < -0.3 is 20.5 Å². The van der Waals surface area contributed by atoms with E-state index >= 15 is 0 Å². The van der Waals surface area contributed by atoms with Gasteiger partial charge in [-0.2, -0.15) is 0 Å². The average molecular weight is 284 g/mol. The molecule has 6 heteroatoms. The predicted molar refractivity (Wildman–Crippen MR) is 77.1 cm³/mol. The molecule has 2 rings (SSSR count). The zero-order valence-corrected chi connectivity index (χ0v) is 12.1. The molecular formula is C13H20N2O3S. The van der Waals surface area contributed by atoms with Gasteiger partial charge in [-0.15, -0.1) is 11.3 Å². The summed E-state index contributed by atoms with van der Waals surface area (Å²) in [6.07, 6.45) is 5.15. The minimum atomic E-state index is -0.422. The third-order valence-electron chi connectivity index (χ3n) is 3.50. The largest absolute Gasteiger partial charge is 0.492 e. The summed E-state index contributed by atoms with van der Waals surface area (Å²) in [6.45, 7) is 0.900. The summed E-state index contributed by atoms with van der Waals surface area (Å²) in [7, 11) is 2.90. The van der Waals surface area contributed by atoms with E-state index in [1.807, 2.05) is 0 Å². The summed E-state index contributed by atoms with van der Waals surface area (Å²) in [5.41, 5.74) is 6.27. The second-order valence-corrected chi connectivity index (χ2v) is 5.75. The Balaban J connectivity index is 2.12. The number of anilines is 2. The van der Waals surface area contributed by atoms with Crippen molar-refractivity contribution in [3.8, 4) is 5.75 Å². The van der Waals surface area contributed by atoms with Crippen LogP contribution in [-0.4, -0.2) is 26.7 Å². The summed E-state index contributed by atoms with van der Waals surface area (Å²) >= 11 is 1.29. The molecule has 0 bridgehead atoms. The van der Waals surface area contributed by atoms with Crippen LogP contribution in [-0.2, 0) is 4.74 Å². The van der Waals surface area contributed by atoms with Crippen molar-refractivity contribution in [3.63, 3.8) is 0 Å². The molecule has 0 amide bonds. The molecule has 0 aromatic carbocycles. The number of hydrogen-bond donors (Lipinski definition) is 2. The first kappa shape index (κ1) is 14.0. The van der Waals surface area contributed by atoms with E-state index in [1.54, 1.807) is 7.11 Å². The molecule has 0 atom stereocenters. The van der Waals surface area contributed by atoms with E-state index in [2.05, 4.69) is 5.32 Å². The SMILES string of the molecule is COC(=O)c1sc(NCC2CCCC2)c(OC)c1N. The fourth-order valence-corrected chi connectivity index (χ4v) is 3.46. The maximum Gasteiger partial charge on any atom is 0.350 e. The molecule has 5 nitrogen and oxygen atoms in total. The third-order valence-corrected chi connectivity index (χ3v) is 4.63. The first-order chi connectivity index (χ1) is 9.17. The first-order valence-electron chi connectivity index (χ1n) is 6.45. The number of nitrogens with two attached hydrogens (primary N) is 1. The summed E-state index contributed by atoms with van der Waals surface area (Å²) in [4.78, 5) is 12.0. The average Bonchev–Trinajstić information content (AvgIpc) is 3.03. The molecule has 1 aliphatic rings. The number of rotatable bonds is 5. The van der Waals surface area contributed by atoms with Gasteiger partial charge in [0.2, 0.25) is 0 Å². The van der Waals surface area contributed by atoms with Gasteiger partial charge in [0.1, 0.15) is 15.6 Å². The summed E-state index contributed by atoms with van der Waals surface area (Å²) in [6, 6.07) is 0. The van der Waals surface area contributed by atoms with Gasteiger partial charge in [0.05, 0.1) is 14.2 Å². The zero-order chi connectivity index (χ0) is 13.8. The number of nitrogen functional groups attached to an aromatic ring is 1. The summed E-state index contributed by atoms with van der Waals surface area (Å²) in [5.74, 6) is 0.827. The molecule has 1 aromatic heterocycles. The van der Waals surface area contributed by atoms with E-state index in [-0.39, 0.29) is 0 Å². The van der Waals surface area contributed by atoms with Crippen LogP contribution in [0.15, 0.2) is 0 Å². The first-order valence-corrected chi connectivity index (χ1v) is 7.27. The lowest BCUT2D eigenvalue weighted by atomic mass is 10.1. The van der Waals surface area contributed by atoms with Gasteiger partial charge in [0.15, 0.2) is 5.75 Å². The smallest absolute Gasteiger partial charge is 0.350 e. The zero-order valence-electron chi connectivity index (χ0n) is 11.3. The van der Waals surface area contributed by atoms with Crippen LogP contribution in [0, 0.1) is 5.92 Å². The van der Waals surface area contributed by atoms with Crippen LogP contribution in [0.2, 0.25) is 0 Å². The van der Waals surface area contributed by atoms with Crippen LogP contribution < -0.4 is 15.8 Å². The van der Waals surface area contributed by atoms with Gasteiger partial charge in [-0.1, -0.05) is 12.8 Å². The van der Waals surface area contributed by atoms with Gasteiger partial charge in [-0.05, 0) is 18.8 Å². The molecule has 106 valence electrons. The van der Waals surface area contributed by atoms with Gasteiger partial charge in [0, 0.05) is 6.54 Å². The highest BCUT2D eigenvalue weighted by molar-refractivity contribution is 7.19. The Kier molecular flexibility index (Phi) is 4.52. The topological polar surface area (TPSA) is 73.6 Å². The number of nitrogens with one attached hydrogen (secondary N) is 1. The van der Waals surface area contributed by atoms with Crippen molar-refractivity contribution in [3.05, 3.63) is 4.88 Å². The molecular weight excluding hydrogens is 264 g/mol. The molecule has 0 saturated heterocycles. The number of methoxy groups -OCH3 is 2. The minimum absolute atomic E-state index is 0.355.